The number of methoxy groups -OCH3 is 2. The van der Waals surface area contributed by atoms with Crippen LogP contribution in [0.4, 0.5) is 0 Å². The van der Waals surface area contributed by atoms with Crippen molar-refractivity contribution in [3.8, 4) is 0 Å². The van der Waals surface area contributed by atoms with E-state index in [9.17, 15) is 9.59 Å². The molecule has 1 heterocycles. The number of amides is 2. The van der Waals surface area contributed by atoms with Crippen LogP contribution in [0.3, 0.4) is 0 Å². The third-order valence-corrected chi connectivity index (χ3v) is 1.49. The van der Waals surface area contributed by atoms with Crippen LogP contribution in [0.1, 0.15) is 0 Å². The number of carbonyl (C=O) groups is 2. The molecule has 68 valence electrons. The molecule has 0 aliphatic carbocycles. The van der Waals surface area contributed by atoms with Crippen molar-refractivity contribution in [3.63, 3.8) is 0 Å². The predicted molar refractivity (Wildman–Crippen MR) is 37.9 cm³/mol. The van der Waals surface area contributed by atoms with E-state index < -0.39 is 24.3 Å². The van der Waals surface area contributed by atoms with Crippen LogP contribution in [0.5, 0.6) is 0 Å². The van der Waals surface area contributed by atoms with Crippen molar-refractivity contribution in [1.29, 1.82) is 0 Å². The van der Waals surface area contributed by atoms with Gasteiger partial charge in [-0.25, -0.2) is 0 Å². The van der Waals surface area contributed by atoms with Crippen LogP contribution in [0.25, 0.3) is 0 Å². The predicted octanol–water partition coefficient (Wildman–Crippen LogP) is -1.82. The first-order valence-electron chi connectivity index (χ1n) is 3.35. The molecular weight excluding hydrogens is 164 g/mol. The average Bonchev–Trinajstić information content (AvgIpc) is 2.08. The maximum atomic E-state index is 11.0. The maximum Gasteiger partial charge on any atom is 0.272 e. The highest BCUT2D eigenvalue weighted by Crippen LogP contribution is 1.97. The molecule has 12 heavy (non-hydrogen) atoms. The first-order valence-corrected chi connectivity index (χ1v) is 3.35. The normalized spacial score (nSPS) is 29.5. The molecule has 0 aromatic carbocycles. The summed E-state index contributed by atoms with van der Waals surface area (Å²) in [6.07, 6.45) is -1.83. The highest BCUT2D eigenvalue weighted by atomic mass is 16.5. The summed E-state index contributed by atoms with van der Waals surface area (Å²) in [7, 11) is 2.66. The summed E-state index contributed by atoms with van der Waals surface area (Å²) >= 11 is 0. The molecule has 0 saturated carbocycles. The zero-order valence-electron chi connectivity index (χ0n) is 6.79. The van der Waals surface area contributed by atoms with E-state index in [-0.39, 0.29) is 0 Å². The van der Waals surface area contributed by atoms with Crippen molar-refractivity contribution >= 4 is 11.8 Å². The Morgan fingerprint density at radius 3 is 1.58 bits per heavy atom. The third kappa shape index (κ3) is 1.54. The Morgan fingerprint density at radius 1 is 1.00 bits per heavy atom. The summed E-state index contributed by atoms with van der Waals surface area (Å²) in [4.78, 5) is 22.0. The van der Waals surface area contributed by atoms with Gasteiger partial charge in [0.2, 0.25) is 12.5 Å². The number of carbonyl (C=O) groups excluding carboxylic acids is 2. The van der Waals surface area contributed by atoms with Gasteiger partial charge in [-0.15, -0.1) is 0 Å². The van der Waals surface area contributed by atoms with Crippen LogP contribution in [-0.2, 0) is 19.1 Å². The fourth-order valence-corrected chi connectivity index (χ4v) is 0.873. The summed E-state index contributed by atoms with van der Waals surface area (Å²) in [5.74, 6) is -0.826. The van der Waals surface area contributed by atoms with Gasteiger partial charge in [0, 0.05) is 14.2 Å². The van der Waals surface area contributed by atoms with Crippen LogP contribution in [0, 0.1) is 0 Å². The lowest BCUT2D eigenvalue weighted by atomic mass is 10.3. The summed E-state index contributed by atoms with van der Waals surface area (Å²) in [5, 5.41) is 4.64. The Bertz CT molecular complexity index is 184. The average molecular weight is 174 g/mol. The fraction of sp³-hybridized carbons (Fsp3) is 0.667. The molecule has 0 aromatic rings. The van der Waals surface area contributed by atoms with Crippen LogP contribution >= 0.6 is 0 Å². The van der Waals surface area contributed by atoms with Gasteiger partial charge in [0.15, 0.2) is 0 Å². The minimum atomic E-state index is -0.913. The van der Waals surface area contributed by atoms with Crippen molar-refractivity contribution in [2.24, 2.45) is 0 Å². The van der Waals surface area contributed by atoms with Crippen LogP contribution in [0.2, 0.25) is 0 Å². The van der Waals surface area contributed by atoms with Crippen LogP contribution in [0.15, 0.2) is 0 Å². The second-order valence-electron chi connectivity index (χ2n) is 2.25. The number of piperazine rings is 1. The maximum absolute atomic E-state index is 11.0. The van der Waals surface area contributed by atoms with Crippen LogP contribution < -0.4 is 10.6 Å². The lowest BCUT2D eigenvalue weighted by Gasteiger charge is -2.27. The monoisotopic (exact) mass is 174 g/mol. The SMILES string of the molecule is CO[C@H]1NC(=O)[C@H](OC)NC1=O. The van der Waals surface area contributed by atoms with E-state index >= 15 is 0 Å². The van der Waals surface area contributed by atoms with Crippen molar-refractivity contribution in [3.05, 3.63) is 0 Å². The van der Waals surface area contributed by atoms with E-state index in [1.807, 2.05) is 0 Å². The first-order chi connectivity index (χ1) is 5.69. The molecule has 0 bridgehead atoms. The van der Waals surface area contributed by atoms with Gasteiger partial charge in [-0.1, -0.05) is 0 Å². The number of hydrogen-bond donors (Lipinski definition) is 2. The van der Waals surface area contributed by atoms with Gasteiger partial charge in [-0.05, 0) is 0 Å². The van der Waals surface area contributed by atoms with Gasteiger partial charge in [0.25, 0.3) is 11.8 Å². The van der Waals surface area contributed by atoms with Crippen molar-refractivity contribution in [1.82, 2.24) is 10.6 Å². The minimum absolute atomic E-state index is 0.413. The third-order valence-electron chi connectivity index (χ3n) is 1.49. The molecule has 0 unspecified atom stereocenters. The molecule has 1 saturated heterocycles. The Balaban J connectivity index is 2.61. The number of ether oxygens (including phenoxy) is 2. The molecule has 1 fully saturated rings. The zero-order valence-corrected chi connectivity index (χ0v) is 6.79. The second kappa shape index (κ2) is 3.51. The molecule has 2 atom stereocenters. The molecule has 6 nitrogen and oxygen atoms in total. The van der Waals surface area contributed by atoms with E-state index in [0.717, 1.165) is 0 Å². The van der Waals surface area contributed by atoms with E-state index in [1.165, 1.54) is 14.2 Å². The summed E-state index contributed by atoms with van der Waals surface area (Å²) in [6.45, 7) is 0. The molecule has 6 heteroatoms. The molecule has 1 aliphatic rings. The quantitative estimate of drug-likeness (QED) is 0.516. The molecule has 0 aromatic heterocycles. The second-order valence-corrected chi connectivity index (χ2v) is 2.25. The Hall–Kier alpha value is -1.14. The number of hydrogen-bond acceptors (Lipinski definition) is 4. The van der Waals surface area contributed by atoms with Crippen LogP contribution in [-0.4, -0.2) is 38.5 Å². The largest absolute Gasteiger partial charge is 0.353 e. The van der Waals surface area contributed by atoms with Crippen molar-refractivity contribution in [2.75, 3.05) is 14.2 Å². The van der Waals surface area contributed by atoms with E-state index in [4.69, 9.17) is 0 Å². The van der Waals surface area contributed by atoms with Gasteiger partial charge < -0.3 is 20.1 Å². The smallest absolute Gasteiger partial charge is 0.272 e. The fourth-order valence-electron chi connectivity index (χ4n) is 0.873. The van der Waals surface area contributed by atoms with E-state index in [2.05, 4.69) is 20.1 Å². The highest BCUT2D eigenvalue weighted by Gasteiger charge is 2.33. The first kappa shape index (κ1) is 8.95. The topological polar surface area (TPSA) is 76.7 Å². The summed E-state index contributed by atoms with van der Waals surface area (Å²) < 4.78 is 9.33. The Morgan fingerprint density at radius 2 is 1.33 bits per heavy atom. The molecule has 2 amide bonds. The number of nitrogens with one attached hydrogen (secondary N) is 2. The summed E-state index contributed by atoms with van der Waals surface area (Å²) in [6, 6.07) is 0. The molecule has 0 spiro atoms. The van der Waals surface area contributed by atoms with E-state index in [1.54, 1.807) is 0 Å². The molecule has 0 radical (unpaired) electrons. The molecular formula is C6H10N2O4. The molecule has 1 rings (SSSR count). The molecule has 2 N–H and O–H groups in total. The van der Waals surface area contributed by atoms with Crippen molar-refractivity contribution in [2.45, 2.75) is 12.5 Å². The Labute approximate surface area is 69.2 Å². The van der Waals surface area contributed by atoms with E-state index in [0.29, 0.717) is 0 Å². The standard InChI is InChI=1S/C6H10N2O4/c1-11-5-3(9)8-6(12-2)4(10)7-5/h5-6H,1-2H3,(H,7,10)(H,8,9)/t5-,6+. The van der Waals surface area contributed by atoms with Gasteiger partial charge in [-0.3, -0.25) is 9.59 Å². The van der Waals surface area contributed by atoms with Gasteiger partial charge in [0.05, 0.1) is 0 Å². The Kier molecular flexibility index (Phi) is 2.61. The lowest BCUT2D eigenvalue weighted by molar-refractivity contribution is -0.156. The minimum Gasteiger partial charge on any atom is -0.353 e. The van der Waals surface area contributed by atoms with Gasteiger partial charge in [0.1, 0.15) is 0 Å². The number of rotatable bonds is 2. The zero-order chi connectivity index (χ0) is 9.14. The highest BCUT2D eigenvalue weighted by molar-refractivity contribution is 5.95. The summed E-state index contributed by atoms with van der Waals surface area (Å²) in [5.41, 5.74) is 0. The molecule has 1 aliphatic heterocycles. The van der Waals surface area contributed by atoms with Gasteiger partial charge >= 0.3 is 0 Å². The van der Waals surface area contributed by atoms with Crippen molar-refractivity contribution < 1.29 is 19.1 Å². The lowest BCUT2D eigenvalue weighted by Crippen LogP contribution is -2.62. The van der Waals surface area contributed by atoms with Gasteiger partial charge in [-0.2, -0.15) is 0 Å².